The molecule has 1 rings (SSSR count). The minimum absolute atomic E-state index is 0.0174. The zero-order valence-corrected chi connectivity index (χ0v) is 12.6. The topological polar surface area (TPSA) is 63.6 Å². The van der Waals surface area contributed by atoms with Crippen molar-refractivity contribution in [2.75, 3.05) is 6.61 Å². The summed E-state index contributed by atoms with van der Waals surface area (Å²) < 4.78 is 5.33. The largest absolute Gasteiger partial charge is 0.487 e. The molecule has 114 valence electrons. The molecule has 0 fully saturated rings. The predicted octanol–water partition coefficient (Wildman–Crippen LogP) is 3.91. The summed E-state index contributed by atoms with van der Waals surface area (Å²) in [5.74, 6) is -1.17. The van der Waals surface area contributed by atoms with E-state index in [9.17, 15) is 9.59 Å². The third-order valence-corrected chi connectivity index (χ3v) is 3.08. The molecule has 0 saturated heterocycles. The van der Waals surface area contributed by atoms with Gasteiger partial charge in [-0.3, -0.25) is 4.79 Å². The third-order valence-electron chi connectivity index (χ3n) is 3.08. The van der Waals surface area contributed by atoms with E-state index in [1.807, 2.05) is 0 Å². The Labute approximate surface area is 125 Å². The van der Waals surface area contributed by atoms with E-state index in [1.165, 1.54) is 13.0 Å². The minimum atomic E-state index is -1.08. The SMILES string of the molecule is CCCCCCOC(=Cc1ccc(C(C)=O)cc1)C(=O)O. The van der Waals surface area contributed by atoms with Crippen molar-refractivity contribution in [2.24, 2.45) is 0 Å². The van der Waals surface area contributed by atoms with Crippen LogP contribution in [0.15, 0.2) is 30.0 Å². The highest BCUT2D eigenvalue weighted by Gasteiger charge is 2.09. The van der Waals surface area contributed by atoms with Crippen LogP contribution in [0.4, 0.5) is 0 Å². The Balaban J connectivity index is 2.66. The fourth-order valence-corrected chi connectivity index (χ4v) is 1.84. The van der Waals surface area contributed by atoms with Crippen molar-refractivity contribution in [3.63, 3.8) is 0 Å². The van der Waals surface area contributed by atoms with Gasteiger partial charge in [-0.15, -0.1) is 0 Å². The van der Waals surface area contributed by atoms with E-state index >= 15 is 0 Å². The van der Waals surface area contributed by atoms with Gasteiger partial charge in [-0.1, -0.05) is 50.5 Å². The molecule has 0 bridgehead atoms. The molecule has 0 spiro atoms. The number of hydrogen-bond donors (Lipinski definition) is 1. The molecule has 0 aliphatic carbocycles. The molecule has 1 aromatic rings. The molecule has 0 saturated carbocycles. The normalized spacial score (nSPS) is 11.2. The molecule has 1 aromatic carbocycles. The summed E-state index contributed by atoms with van der Waals surface area (Å²) >= 11 is 0. The number of aliphatic carboxylic acids is 1. The van der Waals surface area contributed by atoms with Crippen LogP contribution in [0.25, 0.3) is 6.08 Å². The number of hydrogen-bond acceptors (Lipinski definition) is 3. The summed E-state index contributed by atoms with van der Waals surface area (Å²) in [5.41, 5.74) is 1.30. The second-order valence-electron chi connectivity index (χ2n) is 4.90. The van der Waals surface area contributed by atoms with Crippen molar-refractivity contribution in [1.82, 2.24) is 0 Å². The van der Waals surface area contributed by atoms with Gasteiger partial charge < -0.3 is 9.84 Å². The molecule has 4 nitrogen and oxygen atoms in total. The average Bonchev–Trinajstić information content (AvgIpc) is 2.46. The smallest absolute Gasteiger partial charge is 0.371 e. The van der Waals surface area contributed by atoms with Crippen molar-refractivity contribution in [2.45, 2.75) is 39.5 Å². The number of carbonyl (C=O) groups is 2. The van der Waals surface area contributed by atoms with Gasteiger partial charge in [-0.25, -0.2) is 4.79 Å². The number of carboxylic acids is 1. The highest BCUT2D eigenvalue weighted by atomic mass is 16.5. The van der Waals surface area contributed by atoms with Gasteiger partial charge >= 0.3 is 5.97 Å². The van der Waals surface area contributed by atoms with Crippen molar-refractivity contribution < 1.29 is 19.4 Å². The zero-order valence-electron chi connectivity index (χ0n) is 12.6. The lowest BCUT2D eigenvalue weighted by atomic mass is 10.1. The number of benzene rings is 1. The quantitative estimate of drug-likeness (QED) is 0.324. The highest BCUT2D eigenvalue weighted by molar-refractivity contribution is 5.94. The molecular formula is C17H22O4. The minimum Gasteiger partial charge on any atom is -0.487 e. The third kappa shape index (κ3) is 6.25. The van der Waals surface area contributed by atoms with Crippen LogP contribution in [0.3, 0.4) is 0 Å². The summed E-state index contributed by atoms with van der Waals surface area (Å²) in [6, 6.07) is 6.77. The van der Waals surface area contributed by atoms with E-state index in [0.717, 1.165) is 25.7 Å². The molecular weight excluding hydrogens is 268 g/mol. The van der Waals surface area contributed by atoms with Crippen LogP contribution >= 0.6 is 0 Å². The van der Waals surface area contributed by atoms with E-state index in [4.69, 9.17) is 9.84 Å². The standard InChI is InChI=1S/C17H22O4/c1-3-4-5-6-11-21-16(17(19)20)12-14-7-9-15(10-8-14)13(2)18/h7-10,12H,3-6,11H2,1-2H3,(H,19,20). The maximum atomic E-state index is 11.2. The van der Waals surface area contributed by atoms with E-state index in [1.54, 1.807) is 24.3 Å². The van der Waals surface area contributed by atoms with Crippen LogP contribution in [-0.2, 0) is 9.53 Å². The molecule has 4 heteroatoms. The number of Topliss-reactive ketones (excluding diaryl/α,β-unsaturated/α-hetero) is 1. The summed E-state index contributed by atoms with van der Waals surface area (Å²) in [6.45, 7) is 4.02. The first kappa shape index (κ1) is 17.0. The Morgan fingerprint density at radius 3 is 2.33 bits per heavy atom. The second-order valence-corrected chi connectivity index (χ2v) is 4.90. The fourth-order valence-electron chi connectivity index (χ4n) is 1.84. The lowest BCUT2D eigenvalue weighted by Gasteiger charge is -2.07. The summed E-state index contributed by atoms with van der Waals surface area (Å²) in [6.07, 6.45) is 5.62. The zero-order chi connectivity index (χ0) is 15.7. The van der Waals surface area contributed by atoms with Crippen LogP contribution in [0.1, 0.15) is 55.5 Å². The summed E-state index contributed by atoms with van der Waals surface area (Å²) in [5, 5.41) is 9.13. The molecule has 0 atom stereocenters. The number of ketones is 1. The molecule has 0 unspecified atom stereocenters. The lowest BCUT2D eigenvalue weighted by Crippen LogP contribution is -2.06. The number of rotatable bonds is 9. The van der Waals surface area contributed by atoms with Crippen molar-refractivity contribution in [1.29, 1.82) is 0 Å². The summed E-state index contributed by atoms with van der Waals surface area (Å²) in [7, 11) is 0. The van der Waals surface area contributed by atoms with E-state index < -0.39 is 5.97 Å². The van der Waals surface area contributed by atoms with Crippen molar-refractivity contribution in [3.8, 4) is 0 Å². The molecule has 0 aliphatic rings. The number of carboxylic acid groups (broad SMARTS) is 1. The summed E-state index contributed by atoms with van der Waals surface area (Å²) in [4.78, 5) is 22.3. The van der Waals surface area contributed by atoms with E-state index in [2.05, 4.69) is 6.92 Å². The number of carbonyl (C=O) groups excluding carboxylic acids is 1. The van der Waals surface area contributed by atoms with Crippen molar-refractivity contribution >= 4 is 17.8 Å². The van der Waals surface area contributed by atoms with Gasteiger partial charge in [-0.2, -0.15) is 0 Å². The monoisotopic (exact) mass is 290 g/mol. The Hall–Kier alpha value is -2.10. The first-order chi connectivity index (χ1) is 10.0. The average molecular weight is 290 g/mol. The van der Waals surface area contributed by atoms with Gasteiger partial charge in [-0.05, 0) is 25.0 Å². The van der Waals surface area contributed by atoms with Gasteiger partial charge in [0.1, 0.15) is 0 Å². The molecule has 0 radical (unpaired) electrons. The predicted molar refractivity (Wildman–Crippen MR) is 82.2 cm³/mol. The molecule has 21 heavy (non-hydrogen) atoms. The molecule has 1 N–H and O–H groups in total. The Morgan fingerprint density at radius 2 is 1.81 bits per heavy atom. The van der Waals surface area contributed by atoms with E-state index in [-0.39, 0.29) is 11.5 Å². The van der Waals surface area contributed by atoms with Crippen LogP contribution in [-0.4, -0.2) is 23.5 Å². The lowest BCUT2D eigenvalue weighted by molar-refractivity contribution is -0.136. The van der Waals surface area contributed by atoms with Crippen LogP contribution in [0.2, 0.25) is 0 Å². The van der Waals surface area contributed by atoms with Gasteiger partial charge in [0, 0.05) is 5.56 Å². The second kappa shape index (κ2) is 8.95. The fraction of sp³-hybridized carbons (Fsp3) is 0.412. The molecule has 0 amide bonds. The number of unbranched alkanes of at least 4 members (excludes halogenated alkanes) is 3. The van der Waals surface area contributed by atoms with Gasteiger partial charge in [0.25, 0.3) is 0 Å². The van der Waals surface area contributed by atoms with Gasteiger partial charge in [0.05, 0.1) is 6.61 Å². The van der Waals surface area contributed by atoms with Crippen molar-refractivity contribution in [3.05, 3.63) is 41.2 Å². The highest BCUT2D eigenvalue weighted by Crippen LogP contribution is 2.12. The van der Waals surface area contributed by atoms with Crippen LogP contribution in [0, 0.1) is 0 Å². The Morgan fingerprint density at radius 1 is 1.14 bits per heavy atom. The molecule has 0 aromatic heterocycles. The maximum Gasteiger partial charge on any atom is 0.371 e. The Kier molecular flexibility index (Phi) is 7.23. The first-order valence-corrected chi connectivity index (χ1v) is 7.23. The van der Waals surface area contributed by atoms with Gasteiger partial charge in [0.15, 0.2) is 5.78 Å². The number of ether oxygens (including phenoxy) is 1. The first-order valence-electron chi connectivity index (χ1n) is 7.23. The van der Waals surface area contributed by atoms with Gasteiger partial charge in [0.2, 0.25) is 5.76 Å². The van der Waals surface area contributed by atoms with Crippen LogP contribution < -0.4 is 0 Å². The molecule has 0 aliphatic heterocycles. The van der Waals surface area contributed by atoms with Crippen LogP contribution in [0.5, 0.6) is 0 Å². The van der Waals surface area contributed by atoms with E-state index in [0.29, 0.717) is 17.7 Å². The Bertz CT molecular complexity index is 500. The molecule has 0 heterocycles. The maximum absolute atomic E-state index is 11.2.